The number of hydrogen-bond donors (Lipinski definition) is 2. The number of aromatic amines is 1. The molecule has 0 bridgehead atoms. The number of carbonyl (C=O) groups is 1. The maximum Gasteiger partial charge on any atom is 0.277 e. The number of nitrogens with zero attached hydrogens (tertiary/aromatic N) is 5. The maximum atomic E-state index is 11.8. The number of amides is 1. The predicted octanol–water partition coefficient (Wildman–Crippen LogP) is 0.697. The summed E-state index contributed by atoms with van der Waals surface area (Å²) in [6, 6.07) is 7.50. The van der Waals surface area contributed by atoms with E-state index in [4.69, 9.17) is 0 Å². The van der Waals surface area contributed by atoms with E-state index in [1.165, 1.54) is 12.5 Å². The Bertz CT molecular complexity index is 690. The molecule has 0 spiro atoms. The highest BCUT2D eigenvalue weighted by molar-refractivity contribution is 6.02. The van der Waals surface area contributed by atoms with E-state index < -0.39 is 0 Å². The molecule has 0 atom stereocenters. The normalized spacial score (nSPS) is 10.4. The van der Waals surface area contributed by atoms with E-state index in [1.54, 1.807) is 11.0 Å². The van der Waals surface area contributed by atoms with Crippen molar-refractivity contribution < 1.29 is 4.79 Å². The lowest BCUT2D eigenvalue weighted by Gasteiger charge is -2.06. The molecule has 2 N–H and O–H groups in total. The van der Waals surface area contributed by atoms with Crippen LogP contribution in [0.25, 0.3) is 0 Å². The highest BCUT2D eigenvalue weighted by atomic mass is 16.2. The number of hydrogen-bond acceptors (Lipinski definition) is 5. The van der Waals surface area contributed by atoms with Crippen molar-refractivity contribution >= 4 is 11.6 Å². The molecule has 0 saturated carbocycles. The second-order valence-corrected chi connectivity index (χ2v) is 4.10. The van der Waals surface area contributed by atoms with Gasteiger partial charge in [-0.25, -0.2) is 9.67 Å². The quantitative estimate of drug-likeness (QED) is 0.725. The van der Waals surface area contributed by atoms with Gasteiger partial charge >= 0.3 is 0 Å². The van der Waals surface area contributed by atoms with Crippen LogP contribution in [0.4, 0.5) is 5.69 Å². The molecule has 3 aromatic rings. The summed E-state index contributed by atoms with van der Waals surface area (Å²) in [7, 11) is 0. The van der Waals surface area contributed by atoms with E-state index in [9.17, 15) is 4.79 Å². The Balaban J connectivity index is 1.73. The molecular weight excluding hydrogens is 258 g/mol. The highest BCUT2D eigenvalue weighted by Gasteiger charge is 2.09. The van der Waals surface area contributed by atoms with E-state index in [-0.39, 0.29) is 11.6 Å². The standard InChI is InChI=1S/C12H11N7O/c20-12(11-5-14-18-17-11)16-10-3-1-2-9(4-10)6-19-8-13-7-15-19/h1-5,7-8H,6H2,(H,16,20)(H,14,17,18). The SMILES string of the molecule is O=C(Nc1cccc(Cn2cncn2)c1)c1cn[nH]n1. The molecule has 8 nitrogen and oxygen atoms in total. The molecule has 0 saturated heterocycles. The van der Waals surface area contributed by atoms with E-state index in [1.807, 2.05) is 24.3 Å². The van der Waals surface area contributed by atoms with Crippen molar-refractivity contribution in [1.82, 2.24) is 30.2 Å². The van der Waals surface area contributed by atoms with Crippen LogP contribution in [0.1, 0.15) is 16.1 Å². The molecule has 0 fully saturated rings. The first kappa shape index (κ1) is 12.0. The summed E-state index contributed by atoms with van der Waals surface area (Å²) in [6.07, 6.45) is 4.49. The summed E-state index contributed by atoms with van der Waals surface area (Å²) in [5, 5.41) is 16.5. The summed E-state index contributed by atoms with van der Waals surface area (Å²) >= 11 is 0. The number of rotatable bonds is 4. The van der Waals surface area contributed by atoms with Crippen LogP contribution in [0, 0.1) is 0 Å². The number of benzene rings is 1. The van der Waals surface area contributed by atoms with Gasteiger partial charge in [0.2, 0.25) is 0 Å². The van der Waals surface area contributed by atoms with Gasteiger partial charge < -0.3 is 5.32 Å². The van der Waals surface area contributed by atoms with Crippen LogP contribution in [0.5, 0.6) is 0 Å². The Kier molecular flexibility index (Phi) is 3.19. The number of aromatic nitrogens is 6. The van der Waals surface area contributed by atoms with Crippen molar-refractivity contribution in [3.05, 3.63) is 54.4 Å². The van der Waals surface area contributed by atoms with Gasteiger partial charge in [0.05, 0.1) is 12.7 Å². The summed E-state index contributed by atoms with van der Waals surface area (Å²) in [5.41, 5.74) is 1.94. The Morgan fingerprint density at radius 2 is 2.35 bits per heavy atom. The number of anilines is 1. The topological polar surface area (TPSA) is 101 Å². The van der Waals surface area contributed by atoms with Gasteiger partial charge in [0, 0.05) is 5.69 Å². The fourth-order valence-corrected chi connectivity index (χ4v) is 1.76. The summed E-state index contributed by atoms with van der Waals surface area (Å²) < 4.78 is 1.71. The predicted molar refractivity (Wildman–Crippen MR) is 69.9 cm³/mol. The molecule has 2 aromatic heterocycles. The van der Waals surface area contributed by atoms with Gasteiger partial charge in [-0.3, -0.25) is 4.79 Å². The zero-order valence-electron chi connectivity index (χ0n) is 10.4. The molecule has 0 radical (unpaired) electrons. The highest BCUT2D eigenvalue weighted by Crippen LogP contribution is 2.12. The zero-order valence-corrected chi connectivity index (χ0v) is 10.4. The molecule has 0 aliphatic heterocycles. The van der Waals surface area contributed by atoms with Gasteiger partial charge in [-0.2, -0.15) is 20.5 Å². The molecule has 8 heteroatoms. The maximum absolute atomic E-state index is 11.8. The fourth-order valence-electron chi connectivity index (χ4n) is 1.76. The zero-order chi connectivity index (χ0) is 13.8. The van der Waals surface area contributed by atoms with E-state index in [0.29, 0.717) is 12.2 Å². The van der Waals surface area contributed by atoms with Crippen molar-refractivity contribution in [3.63, 3.8) is 0 Å². The third-order valence-electron chi connectivity index (χ3n) is 2.64. The lowest BCUT2D eigenvalue weighted by molar-refractivity contribution is 0.102. The van der Waals surface area contributed by atoms with Crippen LogP contribution in [0.3, 0.4) is 0 Å². The largest absolute Gasteiger partial charge is 0.321 e. The lowest BCUT2D eigenvalue weighted by Crippen LogP contribution is -2.12. The number of nitrogens with one attached hydrogen (secondary N) is 2. The molecule has 1 aromatic carbocycles. The van der Waals surface area contributed by atoms with Crippen molar-refractivity contribution in [2.24, 2.45) is 0 Å². The van der Waals surface area contributed by atoms with E-state index >= 15 is 0 Å². The average molecular weight is 269 g/mol. The third kappa shape index (κ3) is 2.69. The Morgan fingerprint density at radius 3 is 3.10 bits per heavy atom. The fraction of sp³-hybridized carbons (Fsp3) is 0.0833. The smallest absolute Gasteiger partial charge is 0.277 e. The Labute approximate surface area is 113 Å². The van der Waals surface area contributed by atoms with Crippen LogP contribution < -0.4 is 5.32 Å². The molecule has 2 heterocycles. The average Bonchev–Trinajstić information content (AvgIpc) is 3.12. The second-order valence-electron chi connectivity index (χ2n) is 4.10. The van der Waals surface area contributed by atoms with Crippen molar-refractivity contribution in [2.75, 3.05) is 5.32 Å². The summed E-state index contributed by atoms with van der Waals surface area (Å²) in [6.45, 7) is 0.591. The monoisotopic (exact) mass is 269 g/mol. The van der Waals surface area contributed by atoms with Crippen LogP contribution in [-0.2, 0) is 6.54 Å². The van der Waals surface area contributed by atoms with Gasteiger partial charge in [-0.15, -0.1) is 0 Å². The number of carbonyl (C=O) groups excluding carboxylic acids is 1. The molecule has 0 aliphatic carbocycles. The molecule has 1 amide bonds. The van der Waals surface area contributed by atoms with Crippen LogP contribution in [0.2, 0.25) is 0 Å². The Hall–Kier alpha value is -3.03. The van der Waals surface area contributed by atoms with Gasteiger partial charge in [-0.1, -0.05) is 12.1 Å². The first-order valence-electron chi connectivity index (χ1n) is 5.90. The van der Waals surface area contributed by atoms with Crippen LogP contribution in [-0.4, -0.2) is 36.1 Å². The minimum absolute atomic E-state index is 0.242. The van der Waals surface area contributed by atoms with Crippen molar-refractivity contribution in [1.29, 1.82) is 0 Å². The Morgan fingerprint density at radius 1 is 1.40 bits per heavy atom. The molecule has 100 valence electrons. The molecular formula is C12H11N7O. The minimum Gasteiger partial charge on any atom is -0.321 e. The lowest BCUT2D eigenvalue weighted by atomic mass is 10.2. The van der Waals surface area contributed by atoms with Gasteiger partial charge in [0.15, 0.2) is 5.69 Å². The number of H-pyrrole nitrogens is 1. The first-order valence-corrected chi connectivity index (χ1v) is 5.90. The minimum atomic E-state index is -0.309. The molecule has 0 unspecified atom stereocenters. The molecule has 0 aliphatic rings. The van der Waals surface area contributed by atoms with Crippen LogP contribution in [0.15, 0.2) is 43.1 Å². The second kappa shape index (κ2) is 5.31. The third-order valence-corrected chi connectivity index (χ3v) is 2.64. The molecule has 20 heavy (non-hydrogen) atoms. The molecule has 3 rings (SSSR count). The van der Waals surface area contributed by atoms with Crippen molar-refractivity contribution in [3.8, 4) is 0 Å². The van der Waals surface area contributed by atoms with Crippen molar-refractivity contribution in [2.45, 2.75) is 6.54 Å². The van der Waals surface area contributed by atoms with Crippen LogP contribution >= 0.6 is 0 Å². The van der Waals surface area contributed by atoms with Gasteiger partial charge in [0.25, 0.3) is 5.91 Å². The summed E-state index contributed by atoms with van der Waals surface area (Å²) in [5.74, 6) is -0.309. The van der Waals surface area contributed by atoms with Gasteiger partial charge in [-0.05, 0) is 17.7 Å². The van der Waals surface area contributed by atoms with E-state index in [0.717, 1.165) is 5.56 Å². The summed E-state index contributed by atoms with van der Waals surface area (Å²) in [4.78, 5) is 15.7. The van der Waals surface area contributed by atoms with E-state index in [2.05, 4.69) is 30.8 Å². The van der Waals surface area contributed by atoms with Gasteiger partial charge in [0.1, 0.15) is 12.7 Å². The first-order chi connectivity index (χ1) is 9.81.